The van der Waals surface area contributed by atoms with Crippen LogP contribution in [0.5, 0.6) is 0 Å². The minimum atomic E-state index is -0.286. The highest BCUT2D eigenvalue weighted by atomic mass is 32.1. The molecule has 3 N–H and O–H groups in total. The molecule has 0 atom stereocenters. The Labute approximate surface area is 204 Å². The van der Waals surface area contributed by atoms with Crippen LogP contribution in [-0.4, -0.2) is 39.9 Å². The monoisotopic (exact) mass is 486 g/mol. The number of rotatable bonds is 7. The fraction of sp³-hybridized carbons (Fsp3) is 0.120. The van der Waals surface area contributed by atoms with E-state index >= 15 is 0 Å². The first-order valence-electron chi connectivity index (χ1n) is 10.9. The van der Waals surface area contributed by atoms with Crippen LogP contribution >= 0.6 is 11.3 Å². The van der Waals surface area contributed by atoms with Crippen molar-refractivity contribution in [3.8, 4) is 10.6 Å². The molecule has 176 valence electrons. The highest BCUT2D eigenvalue weighted by Crippen LogP contribution is 2.29. The van der Waals surface area contributed by atoms with Crippen LogP contribution < -0.4 is 16.0 Å². The van der Waals surface area contributed by atoms with Crippen LogP contribution in [0.25, 0.3) is 21.7 Å². The number of nitrogens with zero attached hydrogens (tertiary/aromatic N) is 4. The Bertz CT molecular complexity index is 1490. The van der Waals surface area contributed by atoms with E-state index in [2.05, 4.69) is 15.3 Å². The summed E-state index contributed by atoms with van der Waals surface area (Å²) < 4.78 is 7.17. The second-order valence-corrected chi connectivity index (χ2v) is 8.85. The van der Waals surface area contributed by atoms with Crippen LogP contribution in [0.2, 0.25) is 0 Å². The molecular formula is C25H22N6O3S. The summed E-state index contributed by atoms with van der Waals surface area (Å²) in [5.41, 5.74) is 8.57. The Balaban J connectivity index is 1.42. The maximum absolute atomic E-state index is 13.0. The number of nitrogens with two attached hydrogens (primary N) is 1. The van der Waals surface area contributed by atoms with Crippen LogP contribution in [0.1, 0.15) is 20.0 Å². The predicted octanol–water partition coefficient (Wildman–Crippen LogP) is 4.24. The van der Waals surface area contributed by atoms with E-state index in [1.165, 1.54) is 17.7 Å². The minimum Gasteiger partial charge on any atom is -0.443 e. The number of carbonyl (C=O) groups is 2. The lowest BCUT2D eigenvalue weighted by atomic mass is 10.2. The van der Waals surface area contributed by atoms with Gasteiger partial charge in [-0.1, -0.05) is 18.2 Å². The topological polar surface area (TPSA) is 119 Å². The third-order valence-corrected chi connectivity index (χ3v) is 6.63. The first kappa shape index (κ1) is 22.5. The molecule has 2 aromatic carbocycles. The summed E-state index contributed by atoms with van der Waals surface area (Å²) >= 11 is 1.30. The van der Waals surface area contributed by atoms with Crippen molar-refractivity contribution in [1.29, 1.82) is 0 Å². The fourth-order valence-electron chi connectivity index (χ4n) is 3.76. The number of fused-ring (bicyclic) bond motifs is 1. The summed E-state index contributed by atoms with van der Waals surface area (Å²) in [4.78, 5) is 37.3. The van der Waals surface area contributed by atoms with E-state index in [9.17, 15) is 9.59 Å². The van der Waals surface area contributed by atoms with Crippen molar-refractivity contribution < 1.29 is 14.0 Å². The maximum Gasteiger partial charge on any atom is 0.268 e. The number of benzene rings is 2. The molecule has 5 rings (SSSR count). The molecule has 35 heavy (non-hydrogen) atoms. The first-order valence-corrected chi connectivity index (χ1v) is 11.7. The van der Waals surface area contributed by atoms with E-state index in [1.807, 2.05) is 47.0 Å². The van der Waals surface area contributed by atoms with Gasteiger partial charge in [0.2, 0.25) is 5.95 Å². The second kappa shape index (κ2) is 9.53. The Hall–Kier alpha value is -4.28. The predicted molar refractivity (Wildman–Crippen MR) is 136 cm³/mol. The van der Waals surface area contributed by atoms with Crippen LogP contribution in [0, 0.1) is 0 Å². The molecule has 0 bridgehead atoms. The molecular weight excluding hydrogens is 464 g/mol. The summed E-state index contributed by atoms with van der Waals surface area (Å²) in [6.45, 7) is 0.842. The minimum absolute atomic E-state index is 0.125. The summed E-state index contributed by atoms with van der Waals surface area (Å²) in [5.74, 6) is 0.580. The van der Waals surface area contributed by atoms with E-state index in [4.69, 9.17) is 10.2 Å². The largest absolute Gasteiger partial charge is 0.443 e. The van der Waals surface area contributed by atoms with Crippen LogP contribution in [0.3, 0.4) is 0 Å². The third-order valence-electron chi connectivity index (χ3n) is 5.53. The normalized spacial score (nSPS) is 11.0. The number of carbonyl (C=O) groups excluding carboxylic acids is 2. The number of oxazole rings is 1. The van der Waals surface area contributed by atoms with Gasteiger partial charge >= 0.3 is 0 Å². The van der Waals surface area contributed by atoms with Crippen molar-refractivity contribution in [3.05, 3.63) is 83.7 Å². The second-order valence-electron chi connectivity index (χ2n) is 7.76. The lowest BCUT2D eigenvalue weighted by Gasteiger charge is -2.17. The number of hydrogen-bond donors (Lipinski definition) is 2. The van der Waals surface area contributed by atoms with E-state index < -0.39 is 0 Å². The van der Waals surface area contributed by atoms with Crippen molar-refractivity contribution in [2.24, 2.45) is 5.73 Å². The molecule has 0 aliphatic rings. The van der Waals surface area contributed by atoms with Gasteiger partial charge in [0.25, 0.3) is 11.8 Å². The highest BCUT2D eigenvalue weighted by molar-refractivity contribution is 7.17. The van der Waals surface area contributed by atoms with E-state index in [0.717, 1.165) is 10.4 Å². The number of aromatic nitrogens is 3. The molecule has 9 nitrogen and oxygen atoms in total. The SMILES string of the molecule is CN(C(=O)c1ccccc1)c1ccc2c(c1)nc(NC(=O)c1ccc(-c3cnco3)s1)n2CCN. The van der Waals surface area contributed by atoms with Gasteiger partial charge in [0.1, 0.15) is 0 Å². The average Bonchev–Trinajstić information content (AvgIpc) is 3.64. The molecule has 0 radical (unpaired) electrons. The number of amides is 2. The Kier molecular flexibility index (Phi) is 6.13. The lowest BCUT2D eigenvalue weighted by Crippen LogP contribution is -2.26. The van der Waals surface area contributed by atoms with Gasteiger partial charge in [-0.3, -0.25) is 14.9 Å². The van der Waals surface area contributed by atoms with Crippen LogP contribution in [0.4, 0.5) is 11.6 Å². The molecule has 0 saturated heterocycles. The Morgan fingerprint density at radius 3 is 2.71 bits per heavy atom. The number of hydrogen-bond acceptors (Lipinski definition) is 7. The van der Waals surface area contributed by atoms with Gasteiger partial charge in [-0.2, -0.15) is 0 Å². The molecule has 10 heteroatoms. The molecule has 0 spiro atoms. The Morgan fingerprint density at radius 1 is 1.14 bits per heavy atom. The molecule has 3 heterocycles. The molecule has 3 aromatic heterocycles. The van der Waals surface area contributed by atoms with Gasteiger partial charge in [-0.15, -0.1) is 11.3 Å². The Morgan fingerprint density at radius 2 is 1.97 bits per heavy atom. The highest BCUT2D eigenvalue weighted by Gasteiger charge is 2.19. The van der Waals surface area contributed by atoms with Crippen molar-refractivity contribution in [2.45, 2.75) is 6.54 Å². The van der Waals surface area contributed by atoms with Gasteiger partial charge in [0, 0.05) is 31.4 Å². The summed E-state index contributed by atoms with van der Waals surface area (Å²) in [7, 11) is 1.72. The fourth-order valence-corrected chi connectivity index (χ4v) is 4.62. The quantitative estimate of drug-likeness (QED) is 0.355. The van der Waals surface area contributed by atoms with Crippen LogP contribution in [-0.2, 0) is 6.54 Å². The third kappa shape index (κ3) is 4.44. The molecule has 0 unspecified atom stereocenters. The number of thiophene rings is 1. The average molecular weight is 487 g/mol. The zero-order valence-electron chi connectivity index (χ0n) is 18.8. The standard InChI is InChI=1S/C25H22N6O3S/c1-30(24(33)16-5-3-2-4-6-16)17-7-8-19-18(13-17)28-25(31(19)12-11-26)29-23(32)22-10-9-21(35-22)20-14-27-15-34-20/h2-10,13-15H,11-12,26H2,1H3,(H,28,29,32). The van der Waals surface area contributed by atoms with Crippen LogP contribution in [0.15, 0.2) is 77.7 Å². The molecule has 0 fully saturated rings. The number of imidazole rings is 1. The van der Waals surface area contributed by atoms with Crippen molar-refractivity contribution >= 4 is 45.8 Å². The summed E-state index contributed by atoms with van der Waals surface area (Å²) in [6, 6.07) is 18.2. The van der Waals surface area contributed by atoms with E-state index in [1.54, 1.807) is 36.3 Å². The van der Waals surface area contributed by atoms with Crippen molar-refractivity contribution in [3.63, 3.8) is 0 Å². The van der Waals surface area contributed by atoms with Gasteiger partial charge in [0.05, 0.1) is 27.0 Å². The molecule has 2 amide bonds. The van der Waals surface area contributed by atoms with Gasteiger partial charge in [0.15, 0.2) is 12.2 Å². The zero-order chi connectivity index (χ0) is 24.4. The molecule has 0 saturated carbocycles. The van der Waals surface area contributed by atoms with Gasteiger partial charge < -0.3 is 19.6 Å². The van der Waals surface area contributed by atoms with E-state index in [0.29, 0.717) is 46.4 Å². The summed E-state index contributed by atoms with van der Waals surface area (Å²) in [5, 5.41) is 2.90. The van der Waals surface area contributed by atoms with E-state index in [-0.39, 0.29) is 11.8 Å². The maximum atomic E-state index is 13.0. The zero-order valence-corrected chi connectivity index (χ0v) is 19.7. The molecule has 0 aliphatic heterocycles. The number of anilines is 2. The van der Waals surface area contributed by atoms with Gasteiger partial charge in [-0.25, -0.2) is 9.97 Å². The smallest absolute Gasteiger partial charge is 0.268 e. The summed E-state index contributed by atoms with van der Waals surface area (Å²) in [6.07, 6.45) is 2.95. The van der Waals surface area contributed by atoms with Crippen molar-refractivity contribution in [1.82, 2.24) is 14.5 Å². The lowest BCUT2D eigenvalue weighted by molar-refractivity contribution is 0.0991. The molecule has 0 aliphatic carbocycles. The van der Waals surface area contributed by atoms with Crippen molar-refractivity contribution in [2.75, 3.05) is 23.8 Å². The first-order chi connectivity index (χ1) is 17.0. The van der Waals surface area contributed by atoms with Gasteiger partial charge in [-0.05, 0) is 42.5 Å². The number of nitrogens with one attached hydrogen (secondary N) is 1. The molecule has 5 aromatic rings.